The van der Waals surface area contributed by atoms with Gasteiger partial charge in [0.2, 0.25) is 0 Å². The maximum Gasteiger partial charge on any atom is 0.194 e. The Labute approximate surface area is 178 Å². The van der Waals surface area contributed by atoms with Crippen molar-refractivity contribution >= 4 is 41.5 Å². The van der Waals surface area contributed by atoms with E-state index in [1.807, 2.05) is 30.9 Å². The van der Waals surface area contributed by atoms with Crippen molar-refractivity contribution in [2.45, 2.75) is 26.6 Å². The minimum atomic E-state index is 0. The molecule has 1 heterocycles. The number of aryl methyl sites for hydroxylation is 1. The highest BCUT2D eigenvalue weighted by molar-refractivity contribution is 14.0. The molecule has 0 atom stereocenters. The predicted molar refractivity (Wildman–Crippen MR) is 119 cm³/mol. The first-order chi connectivity index (χ1) is 12.0. The van der Waals surface area contributed by atoms with Crippen LogP contribution in [-0.2, 0) is 31.5 Å². The van der Waals surface area contributed by atoms with Crippen molar-refractivity contribution in [3.05, 3.63) is 58.4 Å². The summed E-state index contributed by atoms with van der Waals surface area (Å²) in [7, 11) is 5.74. The Balaban J connectivity index is 0.00000338. The maximum atomic E-state index is 6.07. The molecule has 0 radical (unpaired) electrons. The molecule has 0 spiro atoms. The van der Waals surface area contributed by atoms with Crippen LogP contribution in [0.5, 0.6) is 0 Å². The van der Waals surface area contributed by atoms with Gasteiger partial charge >= 0.3 is 0 Å². The van der Waals surface area contributed by atoms with Crippen LogP contribution in [0.2, 0.25) is 5.02 Å². The lowest BCUT2D eigenvalue weighted by atomic mass is 10.1. The number of aliphatic imine (C=N–C) groups is 1. The first kappa shape index (κ1) is 22.8. The Bertz CT molecular complexity index is 700. The highest BCUT2D eigenvalue weighted by Crippen LogP contribution is 2.14. The Morgan fingerprint density at radius 3 is 2.46 bits per heavy atom. The molecule has 0 amide bonds. The number of methoxy groups -OCH3 is 1. The molecular weight excluding hydrogens is 463 g/mol. The van der Waals surface area contributed by atoms with Gasteiger partial charge in [-0.05, 0) is 24.1 Å². The first-order valence-electron chi connectivity index (χ1n) is 8.40. The van der Waals surface area contributed by atoms with Crippen LogP contribution in [-0.4, -0.2) is 36.1 Å². The maximum absolute atomic E-state index is 6.07. The van der Waals surface area contributed by atoms with E-state index < -0.39 is 0 Å². The van der Waals surface area contributed by atoms with E-state index in [4.69, 9.17) is 21.3 Å². The van der Waals surface area contributed by atoms with Gasteiger partial charge < -0.3 is 19.5 Å². The number of nitrogens with zero attached hydrogens (tertiary/aromatic N) is 3. The van der Waals surface area contributed by atoms with Crippen LogP contribution in [0.4, 0.5) is 0 Å². The van der Waals surface area contributed by atoms with Gasteiger partial charge in [0.1, 0.15) is 0 Å². The van der Waals surface area contributed by atoms with E-state index >= 15 is 0 Å². The highest BCUT2D eigenvalue weighted by Gasteiger charge is 2.09. The van der Waals surface area contributed by atoms with E-state index in [1.165, 1.54) is 11.1 Å². The summed E-state index contributed by atoms with van der Waals surface area (Å²) in [6.45, 7) is 4.90. The van der Waals surface area contributed by atoms with Gasteiger partial charge in [-0.1, -0.05) is 35.9 Å². The SMILES string of the molecule is CCNC(=NCc1ccc(COC)cc1)N(C)Cc1cc(Cl)cn1C.I. The monoisotopic (exact) mass is 490 g/mol. The number of aromatic nitrogens is 1. The van der Waals surface area contributed by atoms with Crippen molar-refractivity contribution in [2.24, 2.45) is 12.0 Å². The van der Waals surface area contributed by atoms with Gasteiger partial charge in [0.05, 0.1) is 24.7 Å². The van der Waals surface area contributed by atoms with Gasteiger partial charge in [-0.2, -0.15) is 0 Å². The zero-order valence-corrected chi connectivity index (χ0v) is 18.9. The molecule has 1 aromatic carbocycles. The van der Waals surface area contributed by atoms with Crippen LogP contribution < -0.4 is 5.32 Å². The zero-order valence-electron chi connectivity index (χ0n) is 15.8. The molecule has 2 rings (SSSR count). The molecule has 0 saturated heterocycles. The summed E-state index contributed by atoms with van der Waals surface area (Å²) in [6.07, 6.45) is 1.91. The van der Waals surface area contributed by atoms with Crippen LogP contribution >= 0.6 is 35.6 Å². The average molecular weight is 491 g/mol. The number of ether oxygens (including phenoxy) is 1. The molecule has 5 nitrogen and oxygen atoms in total. The van der Waals surface area contributed by atoms with Gasteiger partial charge in [0.15, 0.2) is 5.96 Å². The first-order valence-corrected chi connectivity index (χ1v) is 8.78. The molecule has 0 bridgehead atoms. The Hall–Kier alpha value is -1.25. The third kappa shape index (κ3) is 6.81. The fourth-order valence-corrected chi connectivity index (χ4v) is 2.86. The number of benzene rings is 1. The lowest BCUT2D eigenvalue weighted by Gasteiger charge is -2.22. The molecule has 2 aromatic rings. The number of guanidine groups is 1. The fourth-order valence-electron chi connectivity index (χ4n) is 2.58. The van der Waals surface area contributed by atoms with E-state index in [1.54, 1.807) is 7.11 Å². The standard InChI is InChI=1S/C19H27ClN4O.HI/c1-5-21-19(24(3)13-18-10-17(20)12-23(18)2)22-11-15-6-8-16(9-7-15)14-25-4;/h6-10,12H,5,11,13-14H2,1-4H3,(H,21,22);1H. The molecule has 0 unspecified atom stereocenters. The lowest BCUT2D eigenvalue weighted by molar-refractivity contribution is 0.185. The Morgan fingerprint density at radius 2 is 1.92 bits per heavy atom. The van der Waals surface area contributed by atoms with Crippen molar-refractivity contribution in [3.8, 4) is 0 Å². The normalized spacial score (nSPS) is 11.2. The minimum absolute atomic E-state index is 0. The van der Waals surface area contributed by atoms with Gasteiger partial charge in [0, 0.05) is 39.6 Å². The van der Waals surface area contributed by atoms with Crippen molar-refractivity contribution < 1.29 is 4.74 Å². The van der Waals surface area contributed by atoms with E-state index in [-0.39, 0.29) is 24.0 Å². The minimum Gasteiger partial charge on any atom is -0.380 e. The van der Waals surface area contributed by atoms with Crippen molar-refractivity contribution in [1.29, 1.82) is 0 Å². The molecule has 144 valence electrons. The molecule has 0 fully saturated rings. The molecular formula is C19H28ClIN4O. The lowest BCUT2D eigenvalue weighted by Crippen LogP contribution is -2.38. The topological polar surface area (TPSA) is 41.8 Å². The summed E-state index contributed by atoms with van der Waals surface area (Å²) < 4.78 is 7.18. The van der Waals surface area contributed by atoms with Crippen LogP contribution in [0.3, 0.4) is 0 Å². The molecule has 7 heteroatoms. The largest absolute Gasteiger partial charge is 0.380 e. The second-order valence-corrected chi connectivity index (χ2v) is 6.47. The molecule has 0 aliphatic carbocycles. The number of rotatable bonds is 7. The summed E-state index contributed by atoms with van der Waals surface area (Å²) in [6, 6.07) is 10.3. The summed E-state index contributed by atoms with van der Waals surface area (Å²) in [5, 5.41) is 4.10. The van der Waals surface area contributed by atoms with Crippen molar-refractivity contribution in [3.63, 3.8) is 0 Å². The number of halogens is 2. The molecule has 1 aromatic heterocycles. The number of hydrogen-bond acceptors (Lipinski definition) is 2. The van der Waals surface area contributed by atoms with Crippen LogP contribution in [0, 0.1) is 0 Å². The molecule has 0 aliphatic rings. The Kier molecular flexibility index (Phi) is 10.0. The summed E-state index contributed by atoms with van der Waals surface area (Å²) in [5.74, 6) is 0.876. The van der Waals surface area contributed by atoms with Crippen molar-refractivity contribution in [1.82, 2.24) is 14.8 Å². The third-order valence-electron chi connectivity index (χ3n) is 3.92. The van der Waals surface area contributed by atoms with Gasteiger partial charge in [-0.25, -0.2) is 4.99 Å². The van der Waals surface area contributed by atoms with Crippen LogP contribution in [0.1, 0.15) is 23.7 Å². The molecule has 0 saturated carbocycles. The Morgan fingerprint density at radius 1 is 1.27 bits per heavy atom. The third-order valence-corrected chi connectivity index (χ3v) is 4.12. The van der Waals surface area contributed by atoms with Gasteiger partial charge in [-0.15, -0.1) is 24.0 Å². The number of hydrogen-bond donors (Lipinski definition) is 1. The quantitative estimate of drug-likeness (QED) is 0.362. The fraction of sp³-hybridized carbons (Fsp3) is 0.421. The molecule has 0 aliphatic heterocycles. The highest BCUT2D eigenvalue weighted by atomic mass is 127. The second kappa shape index (κ2) is 11.5. The van der Waals surface area contributed by atoms with E-state index in [9.17, 15) is 0 Å². The number of nitrogens with one attached hydrogen (secondary N) is 1. The summed E-state index contributed by atoms with van der Waals surface area (Å²) >= 11 is 6.07. The molecule has 26 heavy (non-hydrogen) atoms. The molecule has 1 N–H and O–H groups in total. The predicted octanol–water partition coefficient (Wildman–Crippen LogP) is 4.04. The zero-order chi connectivity index (χ0) is 18.2. The van der Waals surface area contributed by atoms with Crippen LogP contribution in [0.25, 0.3) is 0 Å². The van der Waals surface area contributed by atoms with E-state index in [0.29, 0.717) is 13.2 Å². The second-order valence-electron chi connectivity index (χ2n) is 6.04. The van der Waals surface area contributed by atoms with E-state index in [2.05, 4.69) is 41.4 Å². The van der Waals surface area contributed by atoms with E-state index in [0.717, 1.165) is 29.8 Å². The smallest absolute Gasteiger partial charge is 0.194 e. The summed E-state index contributed by atoms with van der Waals surface area (Å²) in [4.78, 5) is 6.86. The van der Waals surface area contributed by atoms with Gasteiger partial charge in [-0.3, -0.25) is 0 Å². The van der Waals surface area contributed by atoms with Crippen molar-refractivity contribution in [2.75, 3.05) is 20.7 Å². The summed E-state index contributed by atoms with van der Waals surface area (Å²) in [5.41, 5.74) is 3.48. The van der Waals surface area contributed by atoms with Gasteiger partial charge in [0.25, 0.3) is 0 Å². The van der Waals surface area contributed by atoms with Crippen LogP contribution in [0.15, 0.2) is 41.5 Å². The average Bonchev–Trinajstić information content (AvgIpc) is 2.90.